The lowest BCUT2D eigenvalue weighted by Crippen LogP contribution is -1.87. The molecule has 4 aromatic rings. The third kappa shape index (κ3) is 3.67. The number of para-hydroxylation sites is 1. The Hall–Kier alpha value is -2.79. The van der Waals surface area contributed by atoms with E-state index in [1.807, 2.05) is 66.7 Å². The Morgan fingerprint density at radius 1 is 0.960 bits per heavy atom. The van der Waals surface area contributed by atoms with Gasteiger partial charge in [0.15, 0.2) is 0 Å². The van der Waals surface area contributed by atoms with E-state index in [1.165, 1.54) is 0 Å². The first kappa shape index (κ1) is 15.7. The fraction of sp³-hybridized carbons (Fsp3) is 0.0500. The van der Waals surface area contributed by atoms with Gasteiger partial charge in [0, 0.05) is 27.7 Å². The number of aromatic nitrogens is 3. The minimum Gasteiger partial charge on any atom is -0.421 e. The van der Waals surface area contributed by atoms with Crippen molar-refractivity contribution in [3.8, 4) is 0 Å². The second-order valence-electron chi connectivity index (χ2n) is 5.60. The molecule has 0 spiro atoms. The van der Waals surface area contributed by atoms with Crippen LogP contribution in [-0.2, 0) is 6.42 Å². The molecule has 0 saturated heterocycles. The van der Waals surface area contributed by atoms with Crippen LogP contribution in [0, 0.1) is 0 Å². The van der Waals surface area contributed by atoms with E-state index in [0.717, 1.165) is 26.5 Å². The molecular formula is C20H14BrN3O. The highest BCUT2D eigenvalue weighted by molar-refractivity contribution is 9.10. The van der Waals surface area contributed by atoms with E-state index in [9.17, 15) is 0 Å². The normalized spacial score (nSPS) is 11.4. The monoisotopic (exact) mass is 391 g/mol. The molecule has 2 heterocycles. The summed E-state index contributed by atoms with van der Waals surface area (Å²) in [4.78, 5) is 4.44. The maximum absolute atomic E-state index is 5.72. The van der Waals surface area contributed by atoms with Gasteiger partial charge in [-0.15, -0.1) is 10.2 Å². The topological polar surface area (TPSA) is 51.8 Å². The molecule has 0 amide bonds. The van der Waals surface area contributed by atoms with Crippen LogP contribution in [0.5, 0.6) is 0 Å². The Morgan fingerprint density at radius 3 is 2.76 bits per heavy atom. The summed E-state index contributed by atoms with van der Waals surface area (Å²) < 4.78 is 6.75. The zero-order valence-corrected chi connectivity index (χ0v) is 14.8. The summed E-state index contributed by atoms with van der Waals surface area (Å²) in [5, 5.41) is 9.31. The van der Waals surface area contributed by atoms with Crippen molar-refractivity contribution in [1.82, 2.24) is 15.2 Å². The van der Waals surface area contributed by atoms with E-state index in [1.54, 1.807) is 6.20 Å². The Morgan fingerprint density at radius 2 is 1.84 bits per heavy atom. The van der Waals surface area contributed by atoms with Crippen LogP contribution in [0.4, 0.5) is 0 Å². The van der Waals surface area contributed by atoms with E-state index >= 15 is 0 Å². The van der Waals surface area contributed by atoms with Gasteiger partial charge in [-0.3, -0.25) is 4.98 Å². The van der Waals surface area contributed by atoms with Gasteiger partial charge in [0.05, 0.1) is 11.9 Å². The maximum Gasteiger partial charge on any atom is 0.240 e. The summed E-state index contributed by atoms with van der Waals surface area (Å²) in [6.45, 7) is 0. The highest BCUT2D eigenvalue weighted by Gasteiger charge is 2.06. The lowest BCUT2D eigenvalue weighted by molar-refractivity contribution is 0.496. The highest BCUT2D eigenvalue weighted by Crippen LogP contribution is 2.19. The number of rotatable bonds is 4. The Kier molecular flexibility index (Phi) is 4.39. The zero-order valence-electron chi connectivity index (χ0n) is 13.3. The van der Waals surface area contributed by atoms with Crippen molar-refractivity contribution in [2.75, 3.05) is 0 Å². The standard InChI is InChI=1S/C20H14BrN3O/c21-17-8-1-4-14(12-17)13-19-24-23-18(25-19)10-9-16-6-2-5-15-7-3-11-22-20(15)16/h1-12H,13H2/b10-9+. The number of fused-ring (bicyclic) bond motifs is 1. The summed E-state index contributed by atoms with van der Waals surface area (Å²) in [6.07, 6.45) is 6.17. The average Bonchev–Trinajstić information content (AvgIpc) is 3.07. The molecule has 4 rings (SSSR count). The second kappa shape index (κ2) is 6.99. The maximum atomic E-state index is 5.72. The second-order valence-corrected chi connectivity index (χ2v) is 6.51. The van der Waals surface area contributed by atoms with Crippen molar-refractivity contribution in [3.63, 3.8) is 0 Å². The molecule has 5 heteroatoms. The van der Waals surface area contributed by atoms with E-state index < -0.39 is 0 Å². The van der Waals surface area contributed by atoms with Gasteiger partial charge in [0.2, 0.25) is 11.8 Å². The number of halogens is 1. The predicted molar refractivity (Wildman–Crippen MR) is 102 cm³/mol. The van der Waals surface area contributed by atoms with Crippen LogP contribution in [0.3, 0.4) is 0 Å². The van der Waals surface area contributed by atoms with Gasteiger partial charge in [-0.2, -0.15) is 0 Å². The van der Waals surface area contributed by atoms with Crippen LogP contribution in [0.1, 0.15) is 22.9 Å². The van der Waals surface area contributed by atoms with Gasteiger partial charge in [-0.05, 0) is 29.8 Å². The van der Waals surface area contributed by atoms with Gasteiger partial charge < -0.3 is 4.42 Å². The number of hydrogen-bond donors (Lipinski definition) is 0. The lowest BCUT2D eigenvalue weighted by atomic mass is 10.1. The fourth-order valence-electron chi connectivity index (χ4n) is 2.65. The summed E-state index contributed by atoms with van der Waals surface area (Å²) in [7, 11) is 0. The molecule has 0 fully saturated rings. The number of pyridine rings is 1. The largest absolute Gasteiger partial charge is 0.421 e. The van der Waals surface area contributed by atoms with Crippen LogP contribution in [0.15, 0.2) is 69.7 Å². The summed E-state index contributed by atoms with van der Waals surface area (Å²) in [6, 6.07) is 18.1. The zero-order chi connectivity index (χ0) is 17.1. The molecule has 2 aromatic carbocycles. The molecule has 2 aromatic heterocycles. The first-order chi connectivity index (χ1) is 12.3. The number of hydrogen-bond acceptors (Lipinski definition) is 4. The molecule has 0 aliphatic carbocycles. The molecule has 25 heavy (non-hydrogen) atoms. The minimum absolute atomic E-state index is 0.484. The minimum atomic E-state index is 0.484. The van der Waals surface area contributed by atoms with Crippen molar-refractivity contribution in [1.29, 1.82) is 0 Å². The smallest absolute Gasteiger partial charge is 0.240 e. The Balaban J connectivity index is 1.55. The van der Waals surface area contributed by atoms with Gasteiger partial charge in [-0.1, -0.05) is 52.3 Å². The molecular weight excluding hydrogens is 378 g/mol. The molecule has 4 nitrogen and oxygen atoms in total. The van der Waals surface area contributed by atoms with Crippen molar-refractivity contribution in [2.45, 2.75) is 6.42 Å². The molecule has 0 radical (unpaired) electrons. The molecule has 122 valence electrons. The van der Waals surface area contributed by atoms with Gasteiger partial charge >= 0.3 is 0 Å². The summed E-state index contributed by atoms with van der Waals surface area (Å²) in [5.74, 6) is 1.08. The van der Waals surface area contributed by atoms with Crippen molar-refractivity contribution in [2.24, 2.45) is 0 Å². The van der Waals surface area contributed by atoms with E-state index in [0.29, 0.717) is 18.2 Å². The molecule has 0 aliphatic heterocycles. The van der Waals surface area contributed by atoms with Gasteiger partial charge in [0.1, 0.15) is 0 Å². The predicted octanol–water partition coefficient (Wildman–Crippen LogP) is 5.14. The SMILES string of the molecule is Brc1cccc(Cc2nnc(/C=C/c3cccc4cccnc34)o2)c1. The molecule has 0 unspecified atom stereocenters. The Bertz CT molecular complexity index is 1050. The molecule has 0 aliphatic rings. The first-order valence-corrected chi connectivity index (χ1v) is 8.66. The average molecular weight is 392 g/mol. The van der Waals surface area contributed by atoms with Crippen LogP contribution in [0.2, 0.25) is 0 Å². The van der Waals surface area contributed by atoms with Crippen molar-refractivity contribution < 1.29 is 4.42 Å². The van der Waals surface area contributed by atoms with Gasteiger partial charge in [0.25, 0.3) is 0 Å². The number of nitrogens with zero attached hydrogens (tertiary/aromatic N) is 3. The van der Waals surface area contributed by atoms with Crippen LogP contribution in [0.25, 0.3) is 23.1 Å². The lowest BCUT2D eigenvalue weighted by Gasteiger charge is -1.99. The molecule has 0 atom stereocenters. The highest BCUT2D eigenvalue weighted by atomic mass is 79.9. The quantitative estimate of drug-likeness (QED) is 0.483. The fourth-order valence-corrected chi connectivity index (χ4v) is 3.10. The van der Waals surface area contributed by atoms with E-state index in [4.69, 9.17) is 4.42 Å². The van der Waals surface area contributed by atoms with Crippen LogP contribution < -0.4 is 0 Å². The van der Waals surface area contributed by atoms with Crippen molar-refractivity contribution in [3.05, 3.63) is 88.2 Å². The van der Waals surface area contributed by atoms with Crippen LogP contribution in [-0.4, -0.2) is 15.2 Å². The molecule has 0 N–H and O–H groups in total. The summed E-state index contributed by atoms with van der Waals surface area (Å²) >= 11 is 3.47. The van der Waals surface area contributed by atoms with E-state index in [-0.39, 0.29) is 0 Å². The van der Waals surface area contributed by atoms with Crippen LogP contribution >= 0.6 is 15.9 Å². The molecule has 0 saturated carbocycles. The summed E-state index contributed by atoms with van der Waals surface area (Å²) in [5.41, 5.74) is 3.09. The number of benzene rings is 2. The van der Waals surface area contributed by atoms with E-state index in [2.05, 4.69) is 31.1 Å². The molecule has 0 bridgehead atoms. The third-order valence-corrected chi connectivity index (χ3v) is 4.29. The first-order valence-electron chi connectivity index (χ1n) is 7.86. The van der Waals surface area contributed by atoms with Gasteiger partial charge in [-0.25, -0.2) is 0 Å². The Labute approximate surface area is 153 Å². The van der Waals surface area contributed by atoms with Crippen molar-refractivity contribution >= 4 is 39.0 Å². The third-order valence-electron chi connectivity index (χ3n) is 3.80.